The maximum absolute atomic E-state index is 10.5. The molecule has 1 heterocycles. The summed E-state index contributed by atoms with van der Waals surface area (Å²) in [7, 11) is 0. The summed E-state index contributed by atoms with van der Waals surface area (Å²) in [6, 6.07) is 8.37. The second-order valence-electron chi connectivity index (χ2n) is 6.40. The Bertz CT molecular complexity index is 502. The zero-order valence-corrected chi connectivity index (χ0v) is 13.2. The van der Waals surface area contributed by atoms with Crippen LogP contribution >= 0.6 is 12.2 Å². The van der Waals surface area contributed by atoms with Crippen molar-refractivity contribution in [1.29, 1.82) is 0 Å². The second kappa shape index (κ2) is 6.42. The van der Waals surface area contributed by atoms with E-state index in [2.05, 4.69) is 4.90 Å². The number of likely N-dealkylation sites (tertiary alicyclic amines) is 1. The Labute approximate surface area is 132 Å². The Balaban J connectivity index is 1.65. The van der Waals surface area contributed by atoms with Gasteiger partial charge < -0.3 is 10.8 Å². The molecule has 3 unspecified atom stereocenters. The maximum atomic E-state index is 10.5. The van der Waals surface area contributed by atoms with Crippen LogP contribution in [0, 0.1) is 5.92 Å². The summed E-state index contributed by atoms with van der Waals surface area (Å²) < 4.78 is 0. The molecule has 3 atom stereocenters. The quantitative estimate of drug-likeness (QED) is 0.840. The first-order valence-corrected chi connectivity index (χ1v) is 8.38. The molecule has 0 spiro atoms. The molecule has 1 saturated carbocycles. The minimum absolute atomic E-state index is 0.404. The number of aliphatic hydroxyl groups excluding tert-OH is 1. The van der Waals surface area contributed by atoms with Crippen molar-refractivity contribution in [3.05, 3.63) is 35.4 Å². The van der Waals surface area contributed by atoms with Gasteiger partial charge in [-0.3, -0.25) is 4.90 Å². The number of piperidine rings is 1. The van der Waals surface area contributed by atoms with Gasteiger partial charge in [0.15, 0.2) is 0 Å². The van der Waals surface area contributed by atoms with Gasteiger partial charge in [-0.2, -0.15) is 0 Å². The summed E-state index contributed by atoms with van der Waals surface area (Å²) >= 11 is 4.96. The van der Waals surface area contributed by atoms with Crippen LogP contribution in [0.2, 0.25) is 0 Å². The topological polar surface area (TPSA) is 49.5 Å². The molecular formula is C17H24N2OS. The molecule has 1 aliphatic carbocycles. The van der Waals surface area contributed by atoms with Gasteiger partial charge in [0.05, 0.1) is 6.10 Å². The van der Waals surface area contributed by atoms with Crippen molar-refractivity contribution in [2.45, 2.75) is 44.2 Å². The van der Waals surface area contributed by atoms with Crippen LogP contribution in [0.25, 0.3) is 0 Å². The zero-order valence-electron chi connectivity index (χ0n) is 12.4. The van der Waals surface area contributed by atoms with E-state index in [9.17, 15) is 5.11 Å². The molecule has 0 radical (unpaired) electrons. The van der Waals surface area contributed by atoms with Crippen molar-refractivity contribution >= 4 is 17.2 Å². The molecule has 3 N–H and O–H groups in total. The van der Waals surface area contributed by atoms with E-state index in [1.165, 1.54) is 32.1 Å². The lowest BCUT2D eigenvalue weighted by molar-refractivity contribution is 0.0507. The molecule has 0 amide bonds. The van der Waals surface area contributed by atoms with Gasteiger partial charge in [0.25, 0.3) is 0 Å². The Hall–Kier alpha value is -0.970. The molecule has 21 heavy (non-hydrogen) atoms. The van der Waals surface area contributed by atoms with Gasteiger partial charge in [-0.05, 0) is 43.7 Å². The van der Waals surface area contributed by atoms with E-state index in [0.717, 1.165) is 30.1 Å². The molecule has 0 aromatic heterocycles. The monoisotopic (exact) mass is 304 g/mol. The zero-order chi connectivity index (χ0) is 14.8. The van der Waals surface area contributed by atoms with Crippen molar-refractivity contribution < 1.29 is 5.11 Å². The first-order chi connectivity index (χ1) is 10.1. The van der Waals surface area contributed by atoms with Crippen LogP contribution in [0.5, 0.6) is 0 Å². The number of nitrogens with two attached hydrogens (primary N) is 1. The number of fused-ring (bicyclic) bond motifs is 1. The van der Waals surface area contributed by atoms with Crippen LogP contribution in [0.1, 0.15) is 49.3 Å². The van der Waals surface area contributed by atoms with E-state index in [0.29, 0.717) is 11.0 Å². The van der Waals surface area contributed by atoms with Crippen LogP contribution < -0.4 is 5.73 Å². The Morgan fingerprint density at radius 1 is 1.24 bits per heavy atom. The molecule has 4 heteroatoms. The normalized spacial score (nSPS) is 27.3. The lowest BCUT2D eigenvalue weighted by Gasteiger charge is -2.38. The van der Waals surface area contributed by atoms with Gasteiger partial charge >= 0.3 is 0 Å². The maximum Gasteiger partial charge on any atom is 0.103 e. The van der Waals surface area contributed by atoms with Crippen molar-refractivity contribution in [3.63, 3.8) is 0 Å². The second-order valence-corrected chi connectivity index (χ2v) is 6.84. The number of rotatable bonds is 4. The highest BCUT2D eigenvalue weighted by Crippen LogP contribution is 2.37. The van der Waals surface area contributed by atoms with E-state index >= 15 is 0 Å². The number of hydrogen-bond donors (Lipinski definition) is 2. The predicted octanol–water partition coefficient (Wildman–Crippen LogP) is 2.62. The molecule has 1 aliphatic heterocycles. The highest BCUT2D eigenvalue weighted by Gasteiger charge is 2.35. The summed E-state index contributed by atoms with van der Waals surface area (Å²) in [5.41, 5.74) is 7.42. The predicted molar refractivity (Wildman–Crippen MR) is 89.2 cm³/mol. The number of aliphatic hydroxyl groups is 1. The molecular weight excluding hydrogens is 280 g/mol. The average Bonchev–Trinajstić information content (AvgIpc) is 2.97. The van der Waals surface area contributed by atoms with E-state index in [-0.39, 0.29) is 0 Å². The van der Waals surface area contributed by atoms with E-state index in [4.69, 9.17) is 18.0 Å². The molecule has 1 saturated heterocycles. The minimum Gasteiger partial charge on any atom is -0.389 e. The number of benzene rings is 1. The largest absolute Gasteiger partial charge is 0.389 e. The van der Waals surface area contributed by atoms with Gasteiger partial charge in [-0.25, -0.2) is 0 Å². The third kappa shape index (κ3) is 3.28. The lowest BCUT2D eigenvalue weighted by Crippen LogP contribution is -2.44. The van der Waals surface area contributed by atoms with Gasteiger partial charge in [-0.1, -0.05) is 42.9 Å². The van der Waals surface area contributed by atoms with Crippen LogP contribution in [0.3, 0.4) is 0 Å². The molecule has 3 nitrogen and oxygen atoms in total. The Kier molecular flexibility index (Phi) is 4.57. The smallest absolute Gasteiger partial charge is 0.103 e. The van der Waals surface area contributed by atoms with Crippen LogP contribution in [0.4, 0.5) is 0 Å². The fourth-order valence-corrected chi connectivity index (χ4v) is 4.12. The highest BCUT2D eigenvalue weighted by molar-refractivity contribution is 7.80. The summed E-state index contributed by atoms with van der Waals surface area (Å²) in [6.45, 7) is 1.87. The summed E-state index contributed by atoms with van der Waals surface area (Å²) in [5, 5.41) is 10.5. The van der Waals surface area contributed by atoms with Crippen molar-refractivity contribution in [2.24, 2.45) is 11.7 Å². The highest BCUT2D eigenvalue weighted by atomic mass is 32.1. The average molecular weight is 304 g/mol. The number of hydrogen-bond acceptors (Lipinski definition) is 3. The van der Waals surface area contributed by atoms with E-state index in [1.54, 1.807) is 0 Å². The molecule has 114 valence electrons. The third-order valence-corrected chi connectivity index (χ3v) is 5.33. The molecule has 1 aromatic rings. The van der Waals surface area contributed by atoms with Crippen molar-refractivity contribution in [3.8, 4) is 0 Å². The molecule has 3 rings (SSSR count). The van der Waals surface area contributed by atoms with Crippen LogP contribution in [-0.2, 0) is 0 Å². The summed E-state index contributed by atoms with van der Waals surface area (Å²) in [6.07, 6.45) is 6.25. The first-order valence-electron chi connectivity index (χ1n) is 7.97. The Morgan fingerprint density at radius 3 is 2.67 bits per heavy atom. The fraction of sp³-hybridized carbons (Fsp3) is 0.588. The fourth-order valence-electron chi connectivity index (χ4n) is 3.98. The molecule has 0 bridgehead atoms. The summed E-state index contributed by atoms with van der Waals surface area (Å²) in [4.78, 5) is 2.91. The molecule has 2 fully saturated rings. The summed E-state index contributed by atoms with van der Waals surface area (Å²) in [5.74, 6) is 0.864. The van der Waals surface area contributed by atoms with Crippen LogP contribution in [-0.4, -0.2) is 34.1 Å². The van der Waals surface area contributed by atoms with E-state index < -0.39 is 6.10 Å². The molecule has 2 aliphatic rings. The first kappa shape index (κ1) is 14.9. The number of thiocarbonyl (C=S) groups is 1. The third-order valence-electron chi connectivity index (χ3n) is 5.10. The van der Waals surface area contributed by atoms with Gasteiger partial charge in [0, 0.05) is 18.2 Å². The Morgan fingerprint density at radius 2 is 1.95 bits per heavy atom. The minimum atomic E-state index is -0.426. The van der Waals surface area contributed by atoms with Crippen molar-refractivity contribution in [2.75, 3.05) is 13.1 Å². The standard InChI is InChI=1S/C17H24N2OS/c18-17(21)14-8-6-13(7-9-14)16(20)11-19-10-2-4-12-3-1-5-15(12)19/h6-9,12,15-16,20H,1-5,10-11H2,(H2,18,21). The number of β-amino-alcohol motifs (C(OH)–C–C–N with tert-alkyl or cyclic N) is 1. The molecule has 1 aromatic carbocycles. The van der Waals surface area contributed by atoms with Crippen molar-refractivity contribution in [1.82, 2.24) is 4.90 Å². The van der Waals surface area contributed by atoms with Gasteiger partial charge in [0.2, 0.25) is 0 Å². The number of nitrogens with zero attached hydrogens (tertiary/aromatic N) is 1. The SMILES string of the molecule is NC(=S)c1ccc(C(O)CN2CCCC3CCCC32)cc1. The van der Waals surface area contributed by atoms with Gasteiger partial charge in [-0.15, -0.1) is 0 Å². The van der Waals surface area contributed by atoms with Crippen LogP contribution in [0.15, 0.2) is 24.3 Å². The van der Waals surface area contributed by atoms with E-state index in [1.807, 2.05) is 24.3 Å². The lowest BCUT2D eigenvalue weighted by atomic mass is 9.91. The van der Waals surface area contributed by atoms with Gasteiger partial charge in [0.1, 0.15) is 4.99 Å².